The first kappa shape index (κ1) is 14.0. The largest absolute Gasteiger partial charge is 0.476 e. The minimum atomic E-state index is -1.16. The number of amides is 1. The van der Waals surface area contributed by atoms with Crippen molar-refractivity contribution in [1.82, 2.24) is 10.3 Å². The van der Waals surface area contributed by atoms with E-state index in [9.17, 15) is 9.59 Å². The van der Waals surface area contributed by atoms with Crippen LogP contribution >= 0.6 is 0 Å². The maximum absolute atomic E-state index is 11.5. The van der Waals surface area contributed by atoms with E-state index in [4.69, 9.17) is 9.52 Å². The molecule has 0 spiro atoms. The molecule has 0 aliphatic heterocycles. The van der Waals surface area contributed by atoms with E-state index in [-0.39, 0.29) is 24.2 Å². The van der Waals surface area contributed by atoms with Crippen LogP contribution in [0, 0.1) is 5.92 Å². The van der Waals surface area contributed by atoms with Crippen LogP contribution in [0.4, 0.5) is 6.01 Å². The third kappa shape index (κ3) is 4.08. The van der Waals surface area contributed by atoms with Crippen molar-refractivity contribution >= 4 is 17.9 Å². The average Bonchev–Trinajstić information content (AvgIpc) is 2.75. The highest BCUT2D eigenvalue weighted by Gasteiger charge is 2.15. The quantitative estimate of drug-likeness (QED) is 0.772. The molecule has 0 atom stereocenters. The summed E-state index contributed by atoms with van der Waals surface area (Å²) in [5.74, 6) is -0.955. The molecule has 2 N–H and O–H groups in total. The van der Waals surface area contributed by atoms with E-state index < -0.39 is 5.97 Å². The SMILES string of the molecule is CC(C)CNC(=O)CN(C)c1nc(C(=O)O)co1. The monoisotopic (exact) mass is 255 g/mol. The van der Waals surface area contributed by atoms with Crippen LogP contribution in [0.3, 0.4) is 0 Å². The summed E-state index contributed by atoms with van der Waals surface area (Å²) < 4.78 is 4.97. The van der Waals surface area contributed by atoms with E-state index >= 15 is 0 Å². The third-order valence-electron chi connectivity index (χ3n) is 2.13. The number of anilines is 1. The Balaban J connectivity index is 2.51. The number of carbonyl (C=O) groups excluding carboxylic acids is 1. The Morgan fingerprint density at radius 1 is 1.56 bits per heavy atom. The van der Waals surface area contributed by atoms with Crippen LogP contribution in [0.5, 0.6) is 0 Å². The van der Waals surface area contributed by atoms with Gasteiger partial charge in [-0.15, -0.1) is 0 Å². The predicted molar refractivity (Wildman–Crippen MR) is 64.6 cm³/mol. The Morgan fingerprint density at radius 3 is 2.72 bits per heavy atom. The first-order valence-electron chi connectivity index (χ1n) is 5.56. The molecule has 1 amide bonds. The Hall–Kier alpha value is -2.05. The van der Waals surface area contributed by atoms with Gasteiger partial charge in [0.2, 0.25) is 5.91 Å². The third-order valence-corrected chi connectivity index (χ3v) is 2.13. The molecular weight excluding hydrogens is 238 g/mol. The van der Waals surface area contributed by atoms with Crippen molar-refractivity contribution in [1.29, 1.82) is 0 Å². The molecule has 0 aliphatic rings. The Labute approximate surface area is 105 Å². The van der Waals surface area contributed by atoms with Gasteiger partial charge < -0.3 is 19.7 Å². The molecule has 100 valence electrons. The number of aromatic nitrogens is 1. The molecule has 0 saturated carbocycles. The lowest BCUT2D eigenvalue weighted by atomic mass is 10.2. The number of carboxylic acid groups (broad SMARTS) is 1. The fourth-order valence-electron chi connectivity index (χ4n) is 1.19. The summed E-state index contributed by atoms with van der Waals surface area (Å²) in [7, 11) is 1.60. The molecule has 0 fully saturated rings. The molecular formula is C11H17N3O4. The predicted octanol–water partition coefficient (Wildman–Crippen LogP) is 0.581. The molecule has 0 bridgehead atoms. The molecule has 0 aliphatic carbocycles. The van der Waals surface area contributed by atoms with Crippen LogP contribution in [0.25, 0.3) is 0 Å². The summed E-state index contributed by atoms with van der Waals surface area (Å²) in [4.78, 5) is 27.3. The van der Waals surface area contributed by atoms with Crippen LogP contribution in [0.15, 0.2) is 10.7 Å². The summed E-state index contributed by atoms with van der Waals surface area (Å²) in [6, 6.07) is 0.104. The smallest absolute Gasteiger partial charge is 0.357 e. The first-order chi connectivity index (χ1) is 8.40. The van der Waals surface area contributed by atoms with Gasteiger partial charge in [0.25, 0.3) is 6.01 Å². The number of nitrogens with one attached hydrogen (secondary N) is 1. The Morgan fingerprint density at radius 2 is 2.22 bits per heavy atom. The van der Waals surface area contributed by atoms with Gasteiger partial charge in [0.05, 0.1) is 0 Å². The maximum atomic E-state index is 11.5. The minimum absolute atomic E-state index is 0.0618. The van der Waals surface area contributed by atoms with Gasteiger partial charge in [-0.25, -0.2) is 4.79 Å². The van der Waals surface area contributed by atoms with Gasteiger partial charge in [0.1, 0.15) is 12.8 Å². The molecule has 1 rings (SSSR count). The van der Waals surface area contributed by atoms with Gasteiger partial charge in [0, 0.05) is 13.6 Å². The number of nitrogens with zero attached hydrogens (tertiary/aromatic N) is 2. The fraction of sp³-hybridized carbons (Fsp3) is 0.545. The molecule has 1 aromatic heterocycles. The number of rotatable bonds is 6. The highest BCUT2D eigenvalue weighted by Crippen LogP contribution is 2.11. The second kappa shape index (κ2) is 6.04. The van der Waals surface area contributed by atoms with Crippen molar-refractivity contribution in [3.63, 3.8) is 0 Å². The number of likely N-dealkylation sites (N-methyl/N-ethyl adjacent to an activating group) is 1. The number of carbonyl (C=O) groups is 2. The highest BCUT2D eigenvalue weighted by atomic mass is 16.4. The second-order valence-electron chi connectivity index (χ2n) is 4.37. The van der Waals surface area contributed by atoms with E-state index in [1.54, 1.807) is 7.05 Å². The normalized spacial score (nSPS) is 10.4. The van der Waals surface area contributed by atoms with Gasteiger partial charge in [-0.1, -0.05) is 13.8 Å². The Kier molecular flexibility index (Phi) is 4.70. The zero-order valence-electron chi connectivity index (χ0n) is 10.6. The summed E-state index contributed by atoms with van der Waals surface area (Å²) in [5, 5.41) is 11.4. The van der Waals surface area contributed by atoms with Gasteiger partial charge in [-0.05, 0) is 5.92 Å². The van der Waals surface area contributed by atoms with Gasteiger partial charge >= 0.3 is 5.97 Å². The zero-order valence-corrected chi connectivity index (χ0v) is 10.6. The van der Waals surface area contributed by atoms with E-state index in [1.165, 1.54) is 4.90 Å². The van der Waals surface area contributed by atoms with Crippen LogP contribution in [0.2, 0.25) is 0 Å². The van der Waals surface area contributed by atoms with Crippen molar-refractivity contribution in [3.05, 3.63) is 12.0 Å². The zero-order chi connectivity index (χ0) is 13.7. The topological polar surface area (TPSA) is 95.7 Å². The van der Waals surface area contributed by atoms with Crippen LogP contribution in [0.1, 0.15) is 24.3 Å². The maximum Gasteiger partial charge on any atom is 0.357 e. The van der Waals surface area contributed by atoms with Crippen molar-refractivity contribution in [2.24, 2.45) is 5.92 Å². The van der Waals surface area contributed by atoms with E-state index in [2.05, 4.69) is 10.3 Å². The van der Waals surface area contributed by atoms with Crippen LogP contribution in [-0.4, -0.2) is 42.1 Å². The lowest BCUT2D eigenvalue weighted by Crippen LogP contribution is -2.37. The van der Waals surface area contributed by atoms with Crippen LogP contribution in [-0.2, 0) is 4.79 Å². The summed E-state index contributed by atoms with van der Waals surface area (Å²) in [6.45, 7) is 4.65. The van der Waals surface area contributed by atoms with Crippen LogP contribution < -0.4 is 10.2 Å². The second-order valence-corrected chi connectivity index (χ2v) is 4.37. The number of oxazole rings is 1. The van der Waals surface area contributed by atoms with Crippen molar-refractivity contribution in [3.8, 4) is 0 Å². The number of hydrogen-bond acceptors (Lipinski definition) is 5. The lowest BCUT2D eigenvalue weighted by Gasteiger charge is -2.14. The molecule has 18 heavy (non-hydrogen) atoms. The molecule has 0 saturated heterocycles. The minimum Gasteiger partial charge on any atom is -0.476 e. The fourth-order valence-corrected chi connectivity index (χ4v) is 1.19. The average molecular weight is 255 g/mol. The summed E-state index contributed by atoms with van der Waals surface area (Å²) in [5.41, 5.74) is -0.181. The summed E-state index contributed by atoms with van der Waals surface area (Å²) in [6.07, 6.45) is 1.04. The molecule has 1 aromatic rings. The van der Waals surface area contributed by atoms with Gasteiger partial charge in [-0.2, -0.15) is 4.98 Å². The standard InChI is InChI=1S/C11H17N3O4/c1-7(2)4-12-9(15)5-14(3)11-13-8(6-18-11)10(16)17/h6-7H,4-5H2,1-3H3,(H,12,15)(H,16,17). The van der Waals surface area contributed by atoms with Crippen molar-refractivity contribution in [2.45, 2.75) is 13.8 Å². The van der Waals surface area contributed by atoms with E-state index in [0.717, 1.165) is 6.26 Å². The first-order valence-corrected chi connectivity index (χ1v) is 5.56. The Bertz CT molecular complexity index is 428. The number of carboxylic acids is 1. The van der Waals surface area contributed by atoms with E-state index in [1.807, 2.05) is 13.8 Å². The van der Waals surface area contributed by atoms with Gasteiger partial charge in [0.15, 0.2) is 5.69 Å². The molecule has 1 heterocycles. The highest BCUT2D eigenvalue weighted by molar-refractivity contribution is 5.85. The van der Waals surface area contributed by atoms with E-state index in [0.29, 0.717) is 12.5 Å². The number of hydrogen-bond donors (Lipinski definition) is 2. The molecule has 0 radical (unpaired) electrons. The molecule has 0 aromatic carbocycles. The summed E-state index contributed by atoms with van der Waals surface area (Å²) >= 11 is 0. The van der Waals surface area contributed by atoms with Crippen molar-refractivity contribution < 1.29 is 19.1 Å². The van der Waals surface area contributed by atoms with Gasteiger partial charge in [-0.3, -0.25) is 4.79 Å². The molecule has 7 nitrogen and oxygen atoms in total. The molecule has 0 unspecified atom stereocenters. The lowest BCUT2D eigenvalue weighted by molar-refractivity contribution is -0.119. The van der Waals surface area contributed by atoms with Crippen molar-refractivity contribution in [2.75, 3.05) is 25.0 Å². The number of aromatic carboxylic acids is 1. The molecule has 7 heteroatoms.